The van der Waals surface area contributed by atoms with E-state index >= 15 is 0 Å². The smallest absolute Gasteiger partial charge is 0.0715 e. The van der Waals surface area contributed by atoms with Gasteiger partial charge in [0, 0.05) is 31.5 Å². The molecule has 3 heterocycles. The van der Waals surface area contributed by atoms with Crippen LogP contribution in [0.15, 0.2) is 18.3 Å². The molecule has 1 atom stereocenters. The number of hydrogen-bond donors (Lipinski definition) is 2. The molecule has 2 aliphatic heterocycles. The molecule has 0 bridgehead atoms. The number of hydrogen-bond acceptors (Lipinski definition) is 2. The minimum absolute atomic E-state index is 0.222. The average Bonchev–Trinajstić information content (AvgIpc) is 2.69. The highest BCUT2D eigenvalue weighted by atomic mass is 15.2. The third-order valence-corrected chi connectivity index (χ3v) is 3.52. The van der Waals surface area contributed by atoms with Crippen molar-refractivity contribution in [1.29, 1.82) is 0 Å². The monoisotopic (exact) mass is 191 g/mol. The number of nitrogens with zero attached hydrogens (tertiary/aromatic N) is 1. The minimum Gasteiger partial charge on any atom is -0.348 e. The first-order valence-corrected chi connectivity index (χ1v) is 5.52. The lowest BCUT2D eigenvalue weighted by Gasteiger charge is -2.42. The number of piperidine rings is 1. The summed E-state index contributed by atoms with van der Waals surface area (Å²) in [6.45, 7) is 4.47. The standard InChI is InChI=1S/C11H17N3/c1-3-10-11(4-2-5-12-9-11)13-6-8-14(10)7-1/h1,3,7,12-13H,2,4-6,8-9H2. The maximum atomic E-state index is 3.69. The summed E-state index contributed by atoms with van der Waals surface area (Å²) in [5.41, 5.74) is 1.69. The molecular formula is C11H17N3. The van der Waals surface area contributed by atoms with E-state index in [1.54, 1.807) is 0 Å². The van der Waals surface area contributed by atoms with E-state index in [2.05, 4.69) is 33.5 Å². The van der Waals surface area contributed by atoms with Gasteiger partial charge in [0.05, 0.1) is 5.54 Å². The van der Waals surface area contributed by atoms with E-state index in [9.17, 15) is 0 Å². The Bertz CT molecular complexity index is 323. The van der Waals surface area contributed by atoms with E-state index in [4.69, 9.17) is 0 Å². The predicted molar refractivity (Wildman–Crippen MR) is 56.2 cm³/mol. The van der Waals surface area contributed by atoms with Gasteiger partial charge in [0.2, 0.25) is 0 Å². The molecule has 14 heavy (non-hydrogen) atoms. The maximum Gasteiger partial charge on any atom is 0.0715 e. The van der Waals surface area contributed by atoms with Crippen molar-refractivity contribution < 1.29 is 0 Å². The highest BCUT2D eigenvalue weighted by Gasteiger charge is 2.37. The molecular weight excluding hydrogens is 174 g/mol. The number of fused-ring (bicyclic) bond motifs is 2. The minimum atomic E-state index is 0.222. The third kappa shape index (κ3) is 1.12. The van der Waals surface area contributed by atoms with Gasteiger partial charge < -0.3 is 15.2 Å². The van der Waals surface area contributed by atoms with Crippen LogP contribution in [0.4, 0.5) is 0 Å². The summed E-state index contributed by atoms with van der Waals surface area (Å²) in [6.07, 6.45) is 4.74. The van der Waals surface area contributed by atoms with Gasteiger partial charge >= 0.3 is 0 Å². The van der Waals surface area contributed by atoms with E-state index < -0.39 is 0 Å². The zero-order valence-corrected chi connectivity index (χ0v) is 8.42. The van der Waals surface area contributed by atoms with Crippen LogP contribution in [0.3, 0.4) is 0 Å². The molecule has 1 fully saturated rings. The van der Waals surface area contributed by atoms with Crippen molar-refractivity contribution in [3.63, 3.8) is 0 Å². The lowest BCUT2D eigenvalue weighted by Crippen LogP contribution is -2.57. The highest BCUT2D eigenvalue weighted by Crippen LogP contribution is 2.30. The van der Waals surface area contributed by atoms with Gasteiger partial charge in [-0.2, -0.15) is 0 Å². The Morgan fingerprint density at radius 3 is 3.21 bits per heavy atom. The van der Waals surface area contributed by atoms with Gasteiger partial charge in [0.15, 0.2) is 0 Å². The van der Waals surface area contributed by atoms with Crippen LogP contribution >= 0.6 is 0 Å². The van der Waals surface area contributed by atoms with Crippen LogP contribution in [0.25, 0.3) is 0 Å². The van der Waals surface area contributed by atoms with Gasteiger partial charge in [-0.3, -0.25) is 0 Å². The SMILES string of the molecule is c1cc2n(c1)CCNC21CCCNC1. The molecule has 1 spiro atoms. The molecule has 0 amide bonds. The van der Waals surface area contributed by atoms with Crippen molar-refractivity contribution in [1.82, 2.24) is 15.2 Å². The third-order valence-electron chi connectivity index (χ3n) is 3.52. The fourth-order valence-corrected chi connectivity index (χ4v) is 2.82. The summed E-state index contributed by atoms with van der Waals surface area (Å²) in [5.74, 6) is 0. The summed E-state index contributed by atoms with van der Waals surface area (Å²) in [7, 11) is 0. The van der Waals surface area contributed by atoms with Gasteiger partial charge in [0.25, 0.3) is 0 Å². The van der Waals surface area contributed by atoms with E-state index in [-0.39, 0.29) is 5.54 Å². The van der Waals surface area contributed by atoms with Gasteiger partial charge in [-0.15, -0.1) is 0 Å². The molecule has 0 radical (unpaired) electrons. The van der Waals surface area contributed by atoms with Crippen molar-refractivity contribution in [3.05, 3.63) is 24.0 Å². The fourth-order valence-electron chi connectivity index (χ4n) is 2.82. The van der Waals surface area contributed by atoms with Gasteiger partial charge in [-0.05, 0) is 31.5 Å². The molecule has 1 saturated heterocycles. The first-order chi connectivity index (χ1) is 6.91. The van der Waals surface area contributed by atoms with E-state index in [1.165, 1.54) is 25.1 Å². The molecule has 1 unspecified atom stereocenters. The van der Waals surface area contributed by atoms with Crippen LogP contribution in [0, 0.1) is 0 Å². The van der Waals surface area contributed by atoms with Crippen LogP contribution < -0.4 is 10.6 Å². The van der Waals surface area contributed by atoms with E-state index in [0.717, 1.165) is 19.6 Å². The zero-order valence-electron chi connectivity index (χ0n) is 8.42. The Labute approximate surface area is 84.5 Å². The fraction of sp³-hybridized carbons (Fsp3) is 0.636. The van der Waals surface area contributed by atoms with E-state index in [0.29, 0.717) is 0 Å². The maximum absolute atomic E-state index is 3.69. The van der Waals surface area contributed by atoms with Crippen LogP contribution in [0.1, 0.15) is 18.5 Å². The van der Waals surface area contributed by atoms with Crippen molar-refractivity contribution in [2.45, 2.75) is 24.9 Å². The largest absolute Gasteiger partial charge is 0.348 e. The molecule has 0 saturated carbocycles. The normalized spacial score (nSPS) is 31.7. The molecule has 2 aliphatic rings. The van der Waals surface area contributed by atoms with Crippen LogP contribution in [0.2, 0.25) is 0 Å². The molecule has 1 aromatic rings. The van der Waals surface area contributed by atoms with Crippen LogP contribution in [-0.4, -0.2) is 24.2 Å². The number of aromatic nitrogens is 1. The average molecular weight is 191 g/mol. The molecule has 0 aromatic carbocycles. The van der Waals surface area contributed by atoms with Crippen LogP contribution in [-0.2, 0) is 12.1 Å². The molecule has 2 N–H and O–H groups in total. The van der Waals surface area contributed by atoms with Crippen molar-refractivity contribution in [2.75, 3.05) is 19.6 Å². The zero-order chi connectivity index (χ0) is 9.43. The number of rotatable bonds is 0. The summed E-state index contributed by atoms with van der Waals surface area (Å²) in [4.78, 5) is 0. The Hall–Kier alpha value is -0.800. The van der Waals surface area contributed by atoms with Crippen LogP contribution in [0.5, 0.6) is 0 Å². The van der Waals surface area contributed by atoms with Crippen molar-refractivity contribution in [2.24, 2.45) is 0 Å². The van der Waals surface area contributed by atoms with Gasteiger partial charge in [-0.25, -0.2) is 0 Å². The van der Waals surface area contributed by atoms with Gasteiger partial charge in [-0.1, -0.05) is 0 Å². The summed E-state index contributed by atoms with van der Waals surface area (Å²) in [5, 5.41) is 7.19. The van der Waals surface area contributed by atoms with E-state index in [1.807, 2.05) is 0 Å². The molecule has 0 aliphatic carbocycles. The lowest BCUT2D eigenvalue weighted by atomic mass is 9.85. The van der Waals surface area contributed by atoms with Crippen molar-refractivity contribution in [3.8, 4) is 0 Å². The molecule has 3 heteroatoms. The second kappa shape index (κ2) is 3.11. The number of nitrogens with one attached hydrogen (secondary N) is 2. The topological polar surface area (TPSA) is 29.0 Å². The molecule has 3 rings (SSSR count). The molecule has 1 aromatic heterocycles. The van der Waals surface area contributed by atoms with Gasteiger partial charge in [0.1, 0.15) is 0 Å². The summed E-state index contributed by atoms with van der Waals surface area (Å²) in [6, 6.07) is 4.43. The first kappa shape index (κ1) is 8.50. The molecule has 3 nitrogen and oxygen atoms in total. The quantitative estimate of drug-likeness (QED) is 0.631. The predicted octanol–water partition coefficient (Wildman–Crippen LogP) is 0.670. The lowest BCUT2D eigenvalue weighted by molar-refractivity contribution is 0.213. The summed E-state index contributed by atoms with van der Waals surface area (Å²) < 4.78 is 2.39. The Balaban J connectivity index is 2.01. The second-order valence-electron chi connectivity index (χ2n) is 4.38. The van der Waals surface area contributed by atoms with Crippen molar-refractivity contribution >= 4 is 0 Å². The summed E-state index contributed by atoms with van der Waals surface area (Å²) >= 11 is 0. The Morgan fingerprint density at radius 2 is 2.36 bits per heavy atom. The highest BCUT2D eigenvalue weighted by molar-refractivity contribution is 5.22. The molecule has 76 valence electrons. The first-order valence-electron chi connectivity index (χ1n) is 5.52. The Kier molecular flexibility index (Phi) is 1.89. The Morgan fingerprint density at radius 1 is 1.36 bits per heavy atom. The second-order valence-corrected chi connectivity index (χ2v) is 4.38.